The lowest BCUT2D eigenvalue weighted by atomic mass is 10.1. The van der Waals surface area contributed by atoms with Crippen molar-refractivity contribution in [2.24, 2.45) is 0 Å². The number of anilines is 1. The normalized spacial score (nSPS) is 10.6. The molecule has 0 atom stereocenters. The van der Waals surface area contributed by atoms with Crippen LogP contribution < -0.4 is 5.32 Å². The van der Waals surface area contributed by atoms with E-state index in [4.69, 9.17) is 0 Å². The van der Waals surface area contributed by atoms with Crippen molar-refractivity contribution in [2.75, 3.05) is 5.32 Å². The highest BCUT2D eigenvalue weighted by molar-refractivity contribution is 5.42. The summed E-state index contributed by atoms with van der Waals surface area (Å²) in [7, 11) is 0. The minimum atomic E-state index is -1.19. The van der Waals surface area contributed by atoms with E-state index >= 15 is 0 Å². The molecule has 0 spiro atoms. The predicted molar refractivity (Wildman–Crippen MR) is 68.2 cm³/mol. The van der Waals surface area contributed by atoms with Crippen molar-refractivity contribution < 1.29 is 13.7 Å². The molecule has 0 bridgehead atoms. The third-order valence-corrected chi connectivity index (χ3v) is 2.75. The van der Waals surface area contributed by atoms with Crippen LogP contribution in [0.3, 0.4) is 0 Å². The maximum atomic E-state index is 13.5. The zero-order valence-electron chi connectivity index (χ0n) is 10.6. The van der Waals surface area contributed by atoms with Crippen LogP contribution in [0, 0.1) is 21.7 Å². The molecule has 0 saturated heterocycles. The first-order valence-corrected chi connectivity index (χ1v) is 5.90. The Balaban J connectivity index is 2.16. The predicted octanol–water partition coefficient (Wildman–Crippen LogP) is 2.70. The van der Waals surface area contributed by atoms with Crippen LogP contribution in [0.5, 0.6) is 0 Å². The molecule has 1 N–H and O–H groups in total. The number of benzene rings is 1. The van der Waals surface area contributed by atoms with Gasteiger partial charge in [-0.15, -0.1) is 0 Å². The Morgan fingerprint density at radius 3 is 2.75 bits per heavy atom. The molecule has 8 heteroatoms. The van der Waals surface area contributed by atoms with E-state index in [0.717, 1.165) is 6.07 Å². The molecule has 0 amide bonds. The van der Waals surface area contributed by atoms with Crippen molar-refractivity contribution in [1.82, 2.24) is 9.78 Å². The summed E-state index contributed by atoms with van der Waals surface area (Å²) in [5.74, 6) is -2.02. The summed E-state index contributed by atoms with van der Waals surface area (Å²) in [6, 6.07) is 1.41. The average Bonchev–Trinajstić information content (AvgIpc) is 2.85. The Labute approximate surface area is 113 Å². The van der Waals surface area contributed by atoms with Gasteiger partial charge < -0.3 is 5.32 Å². The quantitative estimate of drug-likeness (QED) is 0.676. The fourth-order valence-electron chi connectivity index (χ4n) is 1.68. The summed E-state index contributed by atoms with van der Waals surface area (Å²) >= 11 is 0. The van der Waals surface area contributed by atoms with Crippen molar-refractivity contribution in [2.45, 2.75) is 20.0 Å². The number of hydrogen-bond acceptors (Lipinski definition) is 4. The first-order valence-electron chi connectivity index (χ1n) is 5.90. The van der Waals surface area contributed by atoms with Crippen LogP contribution in [0.2, 0.25) is 0 Å². The second-order valence-corrected chi connectivity index (χ2v) is 4.09. The van der Waals surface area contributed by atoms with Crippen molar-refractivity contribution in [1.29, 1.82) is 0 Å². The van der Waals surface area contributed by atoms with Crippen LogP contribution in [0.25, 0.3) is 0 Å². The topological polar surface area (TPSA) is 73.0 Å². The number of rotatable bonds is 5. The summed E-state index contributed by atoms with van der Waals surface area (Å²) in [5, 5.41) is 17.5. The van der Waals surface area contributed by atoms with Crippen molar-refractivity contribution in [3.63, 3.8) is 0 Å². The molecule has 1 aromatic carbocycles. The third-order valence-electron chi connectivity index (χ3n) is 2.75. The van der Waals surface area contributed by atoms with E-state index in [0.29, 0.717) is 18.3 Å². The Morgan fingerprint density at radius 2 is 2.15 bits per heavy atom. The van der Waals surface area contributed by atoms with E-state index in [2.05, 4.69) is 10.4 Å². The maximum Gasteiger partial charge on any atom is 0.305 e. The Bertz CT molecular complexity index is 642. The fourth-order valence-corrected chi connectivity index (χ4v) is 1.68. The van der Waals surface area contributed by atoms with Crippen LogP contribution in [-0.4, -0.2) is 14.7 Å². The maximum absolute atomic E-state index is 13.5. The lowest BCUT2D eigenvalue weighted by Crippen LogP contribution is -2.04. The number of nitrogens with one attached hydrogen (secondary N) is 1. The van der Waals surface area contributed by atoms with Crippen LogP contribution >= 0.6 is 0 Å². The first-order chi connectivity index (χ1) is 9.51. The summed E-state index contributed by atoms with van der Waals surface area (Å²) in [6.07, 6.45) is 3.27. The second kappa shape index (κ2) is 5.64. The summed E-state index contributed by atoms with van der Waals surface area (Å²) in [5.41, 5.74) is -0.0759. The molecule has 0 saturated carbocycles. The number of hydrogen-bond donors (Lipinski definition) is 1. The standard InChI is InChI=1S/C12H12F2N4O2/c1-2-17-7-9(6-16-17)15-5-8-3-12(18(19)20)11(14)4-10(8)13/h3-4,6-7,15H,2,5H2,1H3. The first kappa shape index (κ1) is 13.9. The SMILES string of the molecule is CCn1cc(NCc2cc([N+](=O)[O-])c(F)cc2F)cn1. The van der Waals surface area contributed by atoms with Gasteiger partial charge in [-0.1, -0.05) is 0 Å². The van der Waals surface area contributed by atoms with E-state index in [1.807, 2.05) is 6.92 Å². The van der Waals surface area contributed by atoms with E-state index in [1.54, 1.807) is 17.1 Å². The van der Waals surface area contributed by atoms with E-state index in [-0.39, 0.29) is 12.1 Å². The monoisotopic (exact) mass is 282 g/mol. The van der Waals surface area contributed by atoms with Gasteiger partial charge in [0.25, 0.3) is 0 Å². The lowest BCUT2D eigenvalue weighted by Gasteiger charge is -2.05. The second-order valence-electron chi connectivity index (χ2n) is 4.09. The van der Waals surface area contributed by atoms with Gasteiger partial charge in [0.05, 0.1) is 16.8 Å². The molecule has 6 nitrogen and oxygen atoms in total. The molecule has 20 heavy (non-hydrogen) atoms. The fraction of sp³-hybridized carbons (Fsp3) is 0.250. The zero-order chi connectivity index (χ0) is 14.7. The molecule has 0 aliphatic heterocycles. The van der Waals surface area contributed by atoms with E-state index in [9.17, 15) is 18.9 Å². The largest absolute Gasteiger partial charge is 0.378 e. The minimum absolute atomic E-state index is 0.00234. The van der Waals surface area contributed by atoms with Crippen molar-refractivity contribution >= 4 is 11.4 Å². The van der Waals surface area contributed by atoms with Gasteiger partial charge in [0.15, 0.2) is 0 Å². The van der Waals surface area contributed by atoms with E-state index < -0.39 is 22.2 Å². The van der Waals surface area contributed by atoms with E-state index in [1.165, 1.54) is 0 Å². The number of nitro benzene ring substituents is 1. The molecule has 0 unspecified atom stereocenters. The molecule has 2 aromatic rings. The summed E-state index contributed by atoms with van der Waals surface area (Å²) in [6.45, 7) is 2.61. The molecular formula is C12H12F2N4O2. The Morgan fingerprint density at radius 1 is 1.40 bits per heavy atom. The van der Waals surface area contributed by atoms with Crippen molar-refractivity contribution in [3.05, 3.63) is 51.8 Å². The van der Waals surface area contributed by atoms with Gasteiger partial charge >= 0.3 is 5.69 Å². The molecule has 0 radical (unpaired) electrons. The molecule has 106 valence electrons. The van der Waals surface area contributed by atoms with Gasteiger partial charge in [0, 0.05) is 37.0 Å². The lowest BCUT2D eigenvalue weighted by molar-refractivity contribution is -0.387. The Kier molecular flexibility index (Phi) is 3.92. The van der Waals surface area contributed by atoms with Gasteiger partial charge in [-0.05, 0) is 6.92 Å². The molecular weight excluding hydrogens is 270 g/mol. The van der Waals surface area contributed by atoms with Gasteiger partial charge in [-0.2, -0.15) is 9.49 Å². The molecule has 1 heterocycles. The number of aromatic nitrogens is 2. The molecule has 0 fully saturated rings. The highest BCUT2D eigenvalue weighted by Crippen LogP contribution is 2.22. The van der Waals surface area contributed by atoms with Crippen LogP contribution in [0.15, 0.2) is 24.5 Å². The number of nitro groups is 1. The molecule has 2 rings (SSSR count). The highest BCUT2D eigenvalue weighted by Gasteiger charge is 2.18. The number of halogens is 2. The van der Waals surface area contributed by atoms with Gasteiger partial charge in [-0.25, -0.2) is 4.39 Å². The minimum Gasteiger partial charge on any atom is -0.378 e. The van der Waals surface area contributed by atoms with Crippen LogP contribution in [0.1, 0.15) is 12.5 Å². The smallest absolute Gasteiger partial charge is 0.305 e. The molecule has 0 aliphatic carbocycles. The third kappa shape index (κ3) is 2.90. The Hall–Kier alpha value is -2.51. The van der Waals surface area contributed by atoms with Gasteiger partial charge in [0.1, 0.15) is 5.82 Å². The van der Waals surface area contributed by atoms with Crippen LogP contribution in [0.4, 0.5) is 20.2 Å². The number of nitrogens with zero attached hydrogens (tertiary/aromatic N) is 3. The van der Waals surface area contributed by atoms with Gasteiger partial charge in [-0.3, -0.25) is 14.8 Å². The van der Waals surface area contributed by atoms with Crippen LogP contribution in [-0.2, 0) is 13.1 Å². The van der Waals surface area contributed by atoms with Crippen molar-refractivity contribution in [3.8, 4) is 0 Å². The summed E-state index contributed by atoms with van der Waals surface area (Å²) in [4.78, 5) is 9.73. The highest BCUT2D eigenvalue weighted by atomic mass is 19.1. The summed E-state index contributed by atoms with van der Waals surface area (Å²) < 4.78 is 28.4. The van der Waals surface area contributed by atoms with Gasteiger partial charge in [0.2, 0.25) is 5.82 Å². The average molecular weight is 282 g/mol. The molecule has 1 aromatic heterocycles. The zero-order valence-corrected chi connectivity index (χ0v) is 10.6. The number of aryl methyl sites for hydroxylation is 1. The molecule has 0 aliphatic rings.